The first-order chi connectivity index (χ1) is 9.61. The summed E-state index contributed by atoms with van der Waals surface area (Å²) in [7, 11) is 0. The predicted molar refractivity (Wildman–Crippen MR) is 91.3 cm³/mol. The molecule has 0 heterocycles. The molecule has 2 rings (SSSR count). The van der Waals surface area contributed by atoms with Crippen molar-refractivity contribution in [1.29, 1.82) is 0 Å². The van der Waals surface area contributed by atoms with Crippen LogP contribution in [-0.2, 0) is 4.79 Å². The third kappa shape index (κ3) is 4.33. The molecule has 1 aliphatic carbocycles. The monoisotopic (exact) mass is 348 g/mol. The van der Waals surface area contributed by atoms with Crippen molar-refractivity contribution in [2.75, 3.05) is 0 Å². The second-order valence-electron chi connectivity index (χ2n) is 4.87. The van der Waals surface area contributed by atoms with Gasteiger partial charge >= 0.3 is 0 Å². The Morgan fingerprint density at radius 3 is 2.40 bits per heavy atom. The lowest BCUT2D eigenvalue weighted by atomic mass is 10.00. The number of rotatable bonds is 4. The zero-order valence-electron chi connectivity index (χ0n) is 11.4. The molecule has 0 saturated heterocycles. The van der Waals surface area contributed by atoms with Crippen molar-refractivity contribution in [2.45, 2.75) is 54.4 Å². The molecule has 1 aromatic rings. The molecule has 0 radical (unpaired) electrons. The van der Waals surface area contributed by atoms with Gasteiger partial charge in [-0.3, -0.25) is 4.79 Å². The number of halogens is 2. The fraction of sp³-hybridized carbons (Fsp3) is 0.533. The molecule has 2 unspecified atom stereocenters. The molecule has 1 aromatic carbocycles. The van der Waals surface area contributed by atoms with Gasteiger partial charge in [-0.1, -0.05) is 60.8 Å². The van der Waals surface area contributed by atoms with Crippen LogP contribution in [0, 0.1) is 0 Å². The summed E-state index contributed by atoms with van der Waals surface area (Å²) >= 11 is 15.8. The highest BCUT2D eigenvalue weighted by atomic mass is 35.5. The zero-order valence-corrected chi connectivity index (χ0v) is 14.5. The van der Waals surface area contributed by atoms with Gasteiger partial charge in [0.15, 0.2) is 5.12 Å². The Kier molecular flexibility index (Phi) is 6.60. The van der Waals surface area contributed by atoms with E-state index >= 15 is 0 Å². The second kappa shape index (κ2) is 7.98. The van der Waals surface area contributed by atoms with Gasteiger partial charge in [0, 0.05) is 21.8 Å². The Bertz CT molecular complexity index is 459. The van der Waals surface area contributed by atoms with Gasteiger partial charge in [-0.05, 0) is 25.0 Å². The highest BCUT2D eigenvalue weighted by Gasteiger charge is 2.29. The minimum absolute atomic E-state index is 0.285. The Hall–Kier alpha value is 0.170. The maximum Gasteiger partial charge on any atom is 0.188 e. The number of thioether (sulfide) groups is 2. The van der Waals surface area contributed by atoms with Gasteiger partial charge in [0.2, 0.25) is 0 Å². The van der Waals surface area contributed by atoms with Crippen molar-refractivity contribution in [2.24, 2.45) is 0 Å². The molecule has 0 aliphatic heterocycles. The summed E-state index contributed by atoms with van der Waals surface area (Å²) in [5.41, 5.74) is 0. The van der Waals surface area contributed by atoms with Gasteiger partial charge in [0.25, 0.3) is 0 Å². The van der Waals surface area contributed by atoms with Crippen LogP contribution in [0.2, 0.25) is 10.0 Å². The summed E-state index contributed by atoms with van der Waals surface area (Å²) in [6, 6.07) is 5.61. The van der Waals surface area contributed by atoms with Crippen molar-refractivity contribution in [3.8, 4) is 0 Å². The van der Waals surface area contributed by atoms with Gasteiger partial charge in [-0.25, -0.2) is 0 Å². The van der Waals surface area contributed by atoms with Crippen molar-refractivity contribution in [1.82, 2.24) is 0 Å². The van der Waals surface area contributed by atoms with E-state index in [1.54, 1.807) is 11.8 Å². The van der Waals surface area contributed by atoms with Crippen LogP contribution in [0.25, 0.3) is 0 Å². The van der Waals surface area contributed by atoms with E-state index in [-0.39, 0.29) is 5.12 Å². The summed E-state index contributed by atoms with van der Waals surface area (Å²) in [5, 5.41) is 2.50. The molecule has 1 nitrogen and oxygen atoms in total. The number of benzene rings is 1. The van der Waals surface area contributed by atoms with Crippen molar-refractivity contribution < 1.29 is 4.79 Å². The summed E-state index contributed by atoms with van der Waals surface area (Å²) in [4.78, 5) is 12.7. The van der Waals surface area contributed by atoms with Gasteiger partial charge in [0.1, 0.15) is 0 Å². The predicted octanol–water partition coefficient (Wildman–Crippen LogP) is 6.07. The number of hydrogen-bond acceptors (Lipinski definition) is 3. The average molecular weight is 349 g/mol. The molecule has 5 heteroatoms. The van der Waals surface area contributed by atoms with Crippen LogP contribution in [0.3, 0.4) is 0 Å². The topological polar surface area (TPSA) is 17.1 Å². The lowest BCUT2D eigenvalue weighted by molar-refractivity contribution is -0.110. The van der Waals surface area contributed by atoms with Crippen LogP contribution in [0.4, 0.5) is 0 Å². The van der Waals surface area contributed by atoms with Crippen LogP contribution in [0.15, 0.2) is 23.1 Å². The molecule has 1 saturated carbocycles. The maximum atomic E-state index is 11.7. The maximum absolute atomic E-state index is 11.7. The molecule has 2 atom stereocenters. The van der Waals surface area contributed by atoms with E-state index in [0.717, 1.165) is 17.7 Å². The molecular formula is C15H18Cl2OS2. The van der Waals surface area contributed by atoms with E-state index in [2.05, 4.69) is 0 Å². The largest absolute Gasteiger partial charge is 0.287 e. The van der Waals surface area contributed by atoms with E-state index in [1.807, 2.05) is 25.1 Å². The molecule has 0 spiro atoms. The molecule has 110 valence electrons. The molecule has 20 heavy (non-hydrogen) atoms. The number of carbonyl (C=O) groups is 1. The lowest BCUT2D eigenvalue weighted by Crippen LogP contribution is -2.25. The quantitative estimate of drug-likeness (QED) is 0.657. The van der Waals surface area contributed by atoms with Crippen molar-refractivity contribution >= 4 is 51.8 Å². The number of carbonyl (C=O) groups excluding carboxylic acids is 1. The van der Waals surface area contributed by atoms with Gasteiger partial charge in [0.05, 0.1) is 10.0 Å². The first-order valence-corrected chi connectivity index (χ1v) is 9.43. The molecule has 0 aromatic heterocycles. The highest BCUT2D eigenvalue weighted by Crippen LogP contribution is 2.44. The summed E-state index contributed by atoms with van der Waals surface area (Å²) < 4.78 is 0. The van der Waals surface area contributed by atoms with E-state index < -0.39 is 0 Å². The summed E-state index contributed by atoms with van der Waals surface area (Å²) in [6.07, 6.45) is 5.27. The average Bonchev–Trinajstić information content (AvgIpc) is 2.44. The van der Waals surface area contributed by atoms with Gasteiger partial charge in [-0.15, -0.1) is 11.8 Å². The normalized spacial score (nSPS) is 22.8. The molecule has 0 bridgehead atoms. The summed E-state index contributed by atoms with van der Waals surface area (Å²) in [6.45, 7) is 1.92. The highest BCUT2D eigenvalue weighted by molar-refractivity contribution is 8.15. The SMILES string of the molecule is CCC(=O)SC1CCCCC1Sc1c(Cl)cccc1Cl. The lowest BCUT2D eigenvalue weighted by Gasteiger charge is -2.30. The Labute approximate surface area is 139 Å². The van der Waals surface area contributed by atoms with Crippen LogP contribution in [0.5, 0.6) is 0 Å². The van der Waals surface area contributed by atoms with E-state index in [0.29, 0.717) is 27.0 Å². The second-order valence-corrected chi connectivity index (χ2v) is 8.23. The third-order valence-electron chi connectivity index (χ3n) is 3.40. The third-order valence-corrected chi connectivity index (χ3v) is 7.39. The van der Waals surface area contributed by atoms with Crippen LogP contribution in [-0.4, -0.2) is 15.6 Å². The van der Waals surface area contributed by atoms with Crippen molar-refractivity contribution in [3.05, 3.63) is 28.2 Å². The molecule has 0 N–H and O–H groups in total. The Morgan fingerprint density at radius 2 is 1.80 bits per heavy atom. The molecular weight excluding hydrogens is 331 g/mol. The van der Waals surface area contributed by atoms with Gasteiger partial charge in [-0.2, -0.15) is 0 Å². The zero-order chi connectivity index (χ0) is 14.5. The number of hydrogen-bond donors (Lipinski definition) is 0. The molecule has 0 amide bonds. The first-order valence-electron chi connectivity index (χ1n) is 6.92. The van der Waals surface area contributed by atoms with E-state index in [9.17, 15) is 4.79 Å². The Balaban J connectivity index is 2.10. The van der Waals surface area contributed by atoms with Crippen LogP contribution < -0.4 is 0 Å². The fourth-order valence-electron chi connectivity index (χ4n) is 2.33. The minimum Gasteiger partial charge on any atom is -0.287 e. The smallest absolute Gasteiger partial charge is 0.188 e. The summed E-state index contributed by atoms with van der Waals surface area (Å²) in [5.74, 6) is 0. The van der Waals surface area contributed by atoms with Crippen molar-refractivity contribution in [3.63, 3.8) is 0 Å². The van der Waals surface area contributed by atoms with E-state index in [4.69, 9.17) is 23.2 Å². The molecule has 1 fully saturated rings. The Morgan fingerprint density at radius 1 is 1.20 bits per heavy atom. The van der Waals surface area contributed by atoms with Gasteiger partial charge < -0.3 is 0 Å². The van der Waals surface area contributed by atoms with Crippen LogP contribution in [0.1, 0.15) is 39.0 Å². The standard InChI is InChI=1S/C15H18Cl2OS2/c1-2-14(18)19-12-8-3-4-9-13(12)20-15-10(16)6-5-7-11(15)17/h5-7,12-13H,2-4,8-9H2,1H3. The fourth-order valence-corrected chi connectivity index (χ4v) is 5.64. The molecule has 1 aliphatic rings. The minimum atomic E-state index is 0.285. The van der Waals surface area contributed by atoms with Crippen LogP contribution >= 0.6 is 46.7 Å². The first kappa shape index (κ1) is 16.5. The van der Waals surface area contributed by atoms with E-state index in [1.165, 1.54) is 24.6 Å².